The van der Waals surface area contributed by atoms with Crippen LogP contribution in [0.1, 0.15) is 50.8 Å². The quantitative estimate of drug-likeness (QED) is 0.844. The van der Waals surface area contributed by atoms with E-state index in [-0.39, 0.29) is 11.5 Å². The van der Waals surface area contributed by atoms with Crippen molar-refractivity contribution >= 4 is 10.0 Å². The Labute approximate surface area is 126 Å². The molecule has 5 nitrogen and oxygen atoms in total. The molecule has 3 rings (SSSR count). The highest BCUT2D eigenvalue weighted by Crippen LogP contribution is 2.37. The summed E-state index contributed by atoms with van der Waals surface area (Å²) in [6.07, 6.45) is 7.29. The van der Waals surface area contributed by atoms with E-state index in [1.54, 1.807) is 12.3 Å². The van der Waals surface area contributed by atoms with Crippen LogP contribution in [-0.2, 0) is 16.6 Å². The highest BCUT2D eigenvalue weighted by atomic mass is 32.2. The molecule has 0 amide bonds. The summed E-state index contributed by atoms with van der Waals surface area (Å²) in [5.41, 5.74) is 0.687. The van der Waals surface area contributed by atoms with Gasteiger partial charge in [-0.3, -0.25) is 0 Å². The van der Waals surface area contributed by atoms with Crippen molar-refractivity contribution in [2.24, 2.45) is 11.8 Å². The molecule has 0 radical (unpaired) electrons. The third kappa shape index (κ3) is 3.17. The number of rotatable bonds is 6. The van der Waals surface area contributed by atoms with Crippen LogP contribution >= 0.6 is 0 Å². The van der Waals surface area contributed by atoms with E-state index in [1.165, 1.54) is 12.8 Å². The number of hydrogen-bond acceptors (Lipinski definition) is 3. The van der Waals surface area contributed by atoms with Crippen molar-refractivity contribution in [1.29, 1.82) is 0 Å². The number of aliphatic hydroxyl groups is 1. The standard InChI is InChI=1S/C15H24N2O3S/c1-11-3-2-4-12(11)8-16-21(19,20)15-7-14(10-18)17(9-15)13-5-6-13/h7,9,11-13,16,18H,2-6,8,10H2,1H3. The van der Waals surface area contributed by atoms with E-state index in [9.17, 15) is 13.5 Å². The summed E-state index contributed by atoms with van der Waals surface area (Å²) < 4.78 is 29.5. The maximum absolute atomic E-state index is 12.4. The number of nitrogens with zero attached hydrogens (tertiary/aromatic N) is 1. The summed E-state index contributed by atoms with van der Waals surface area (Å²) in [4.78, 5) is 0.282. The van der Waals surface area contributed by atoms with Crippen LogP contribution < -0.4 is 4.72 Å². The first kappa shape index (κ1) is 15.1. The molecule has 1 aromatic rings. The van der Waals surface area contributed by atoms with E-state index >= 15 is 0 Å². The van der Waals surface area contributed by atoms with E-state index in [4.69, 9.17) is 0 Å². The Morgan fingerprint density at radius 2 is 2.10 bits per heavy atom. The number of nitrogens with one attached hydrogen (secondary N) is 1. The molecule has 2 N–H and O–H groups in total. The molecular weight excluding hydrogens is 288 g/mol. The lowest BCUT2D eigenvalue weighted by molar-refractivity contribution is 0.270. The van der Waals surface area contributed by atoms with Gasteiger partial charge in [-0.1, -0.05) is 19.8 Å². The lowest BCUT2D eigenvalue weighted by Crippen LogP contribution is -2.30. The van der Waals surface area contributed by atoms with Gasteiger partial charge in [0.15, 0.2) is 0 Å². The zero-order chi connectivity index (χ0) is 15.0. The Balaban J connectivity index is 1.72. The minimum absolute atomic E-state index is 0.119. The predicted molar refractivity (Wildman–Crippen MR) is 80.3 cm³/mol. The highest BCUT2D eigenvalue weighted by molar-refractivity contribution is 7.89. The number of aromatic nitrogens is 1. The molecule has 0 spiro atoms. The fraction of sp³-hybridized carbons (Fsp3) is 0.733. The van der Waals surface area contributed by atoms with Crippen molar-refractivity contribution in [3.8, 4) is 0 Å². The van der Waals surface area contributed by atoms with E-state index in [1.807, 2.05) is 4.57 Å². The zero-order valence-electron chi connectivity index (χ0n) is 12.5. The second-order valence-corrected chi connectivity index (χ2v) is 8.25. The SMILES string of the molecule is CC1CCCC1CNS(=O)(=O)c1cc(CO)n(C2CC2)c1. The van der Waals surface area contributed by atoms with Crippen LogP contribution in [0.15, 0.2) is 17.2 Å². The number of aliphatic hydroxyl groups excluding tert-OH is 1. The normalized spacial score (nSPS) is 26.4. The molecule has 0 bridgehead atoms. The molecule has 2 saturated carbocycles. The van der Waals surface area contributed by atoms with Gasteiger partial charge in [-0.05, 0) is 37.2 Å². The Hall–Kier alpha value is -0.850. The van der Waals surface area contributed by atoms with Crippen molar-refractivity contribution in [1.82, 2.24) is 9.29 Å². The molecule has 0 saturated heterocycles. The largest absolute Gasteiger partial charge is 0.390 e. The Kier molecular flexibility index (Phi) is 4.12. The molecule has 2 unspecified atom stereocenters. The van der Waals surface area contributed by atoms with E-state index in [0.29, 0.717) is 30.1 Å². The molecule has 2 atom stereocenters. The van der Waals surface area contributed by atoms with Gasteiger partial charge in [0.05, 0.1) is 11.5 Å². The predicted octanol–water partition coefficient (Wildman–Crippen LogP) is 2.03. The highest BCUT2D eigenvalue weighted by Gasteiger charge is 2.29. The lowest BCUT2D eigenvalue weighted by Gasteiger charge is -2.15. The second kappa shape index (κ2) is 5.74. The smallest absolute Gasteiger partial charge is 0.242 e. The lowest BCUT2D eigenvalue weighted by atomic mass is 9.99. The van der Waals surface area contributed by atoms with Crippen molar-refractivity contribution in [2.75, 3.05) is 6.54 Å². The van der Waals surface area contributed by atoms with Crippen molar-refractivity contribution in [2.45, 2.75) is 56.6 Å². The maximum atomic E-state index is 12.4. The summed E-state index contributed by atoms with van der Waals surface area (Å²) in [5.74, 6) is 1.04. The molecule has 1 heterocycles. The second-order valence-electron chi connectivity index (χ2n) is 6.48. The molecule has 1 aromatic heterocycles. The fourth-order valence-corrected chi connectivity index (χ4v) is 4.43. The summed E-state index contributed by atoms with van der Waals surface area (Å²) in [6, 6.07) is 1.96. The zero-order valence-corrected chi connectivity index (χ0v) is 13.3. The average Bonchev–Trinajstić information content (AvgIpc) is 3.06. The van der Waals surface area contributed by atoms with E-state index in [2.05, 4.69) is 11.6 Å². The molecular formula is C15H24N2O3S. The minimum Gasteiger partial charge on any atom is -0.390 e. The van der Waals surface area contributed by atoms with Gasteiger partial charge in [0, 0.05) is 24.5 Å². The first-order valence-corrected chi connectivity index (χ1v) is 9.31. The molecule has 118 valence electrons. The van der Waals surface area contributed by atoms with E-state index < -0.39 is 10.0 Å². The molecule has 6 heteroatoms. The fourth-order valence-electron chi connectivity index (χ4n) is 3.29. The topological polar surface area (TPSA) is 71.3 Å². The van der Waals surface area contributed by atoms with Crippen LogP contribution in [0.4, 0.5) is 0 Å². The summed E-state index contributed by atoms with van der Waals surface area (Å²) in [5, 5.41) is 9.38. The van der Waals surface area contributed by atoms with Crippen molar-refractivity contribution in [3.05, 3.63) is 18.0 Å². The van der Waals surface area contributed by atoms with Crippen LogP contribution in [0.25, 0.3) is 0 Å². The summed E-state index contributed by atoms with van der Waals surface area (Å²) in [6.45, 7) is 2.59. The van der Waals surface area contributed by atoms with Crippen LogP contribution in [0.3, 0.4) is 0 Å². The molecule has 2 aliphatic rings. The van der Waals surface area contributed by atoms with Crippen molar-refractivity contribution < 1.29 is 13.5 Å². The van der Waals surface area contributed by atoms with Gasteiger partial charge in [0.1, 0.15) is 0 Å². The van der Waals surface area contributed by atoms with Gasteiger partial charge in [0.2, 0.25) is 10.0 Å². The van der Waals surface area contributed by atoms with Gasteiger partial charge in [-0.15, -0.1) is 0 Å². The maximum Gasteiger partial charge on any atom is 0.242 e. The first-order valence-electron chi connectivity index (χ1n) is 7.82. The minimum atomic E-state index is -3.47. The Morgan fingerprint density at radius 3 is 2.67 bits per heavy atom. The first-order chi connectivity index (χ1) is 10.0. The van der Waals surface area contributed by atoms with Crippen molar-refractivity contribution in [3.63, 3.8) is 0 Å². The number of sulfonamides is 1. The molecule has 2 fully saturated rings. The Morgan fingerprint density at radius 1 is 1.33 bits per heavy atom. The Bertz CT molecular complexity index is 604. The third-order valence-corrected chi connectivity index (χ3v) is 6.28. The third-order valence-electron chi connectivity index (χ3n) is 4.89. The molecule has 0 aromatic carbocycles. The van der Waals surface area contributed by atoms with Crippen LogP contribution in [0.5, 0.6) is 0 Å². The molecule has 21 heavy (non-hydrogen) atoms. The van der Waals surface area contributed by atoms with Gasteiger partial charge >= 0.3 is 0 Å². The van der Waals surface area contributed by atoms with Crippen LogP contribution in [-0.4, -0.2) is 24.6 Å². The van der Waals surface area contributed by atoms with E-state index in [0.717, 1.165) is 19.3 Å². The van der Waals surface area contributed by atoms with Gasteiger partial charge in [0.25, 0.3) is 0 Å². The van der Waals surface area contributed by atoms with Gasteiger partial charge < -0.3 is 9.67 Å². The molecule has 0 aliphatic heterocycles. The summed E-state index contributed by atoms with van der Waals surface area (Å²) in [7, 11) is -3.47. The van der Waals surface area contributed by atoms with Crippen LogP contribution in [0.2, 0.25) is 0 Å². The van der Waals surface area contributed by atoms with Gasteiger partial charge in [-0.2, -0.15) is 0 Å². The van der Waals surface area contributed by atoms with Crippen LogP contribution in [0, 0.1) is 11.8 Å². The monoisotopic (exact) mass is 312 g/mol. The number of hydrogen-bond donors (Lipinski definition) is 2. The summed E-state index contributed by atoms with van der Waals surface area (Å²) >= 11 is 0. The molecule has 2 aliphatic carbocycles. The average molecular weight is 312 g/mol. The van der Waals surface area contributed by atoms with Gasteiger partial charge in [-0.25, -0.2) is 13.1 Å².